The van der Waals surface area contributed by atoms with E-state index in [0.717, 1.165) is 5.56 Å². The van der Waals surface area contributed by atoms with Gasteiger partial charge in [0, 0.05) is 6.42 Å². The summed E-state index contributed by atoms with van der Waals surface area (Å²) < 4.78 is 33.7. The highest BCUT2D eigenvalue weighted by molar-refractivity contribution is 7.89. The van der Waals surface area contributed by atoms with Crippen LogP contribution in [0.4, 0.5) is 5.69 Å². The number of carbonyl (C=O) groups excluding carboxylic acids is 1. The molecule has 7 nitrogen and oxygen atoms in total. The number of anilines is 1. The van der Waals surface area contributed by atoms with Crippen molar-refractivity contribution in [3.8, 4) is 11.5 Å². The van der Waals surface area contributed by atoms with E-state index in [9.17, 15) is 13.2 Å². The lowest BCUT2D eigenvalue weighted by Gasteiger charge is -2.14. The average Bonchev–Trinajstić information content (AvgIpc) is 2.98. The van der Waals surface area contributed by atoms with Crippen LogP contribution in [0.3, 0.4) is 0 Å². The number of hydrogen-bond donors (Lipinski definition) is 2. The highest BCUT2D eigenvalue weighted by Gasteiger charge is 2.29. The number of nitrogens with one attached hydrogen (secondary N) is 1. The summed E-state index contributed by atoms with van der Waals surface area (Å²) in [6, 6.07) is 11.4. The van der Waals surface area contributed by atoms with Gasteiger partial charge < -0.3 is 14.8 Å². The number of carbonyl (C=O) groups is 1. The molecule has 0 saturated heterocycles. The molecule has 1 aliphatic rings. The van der Waals surface area contributed by atoms with E-state index in [0.29, 0.717) is 17.9 Å². The third-order valence-electron chi connectivity index (χ3n) is 3.70. The van der Waals surface area contributed by atoms with Crippen LogP contribution in [0, 0.1) is 0 Å². The highest BCUT2D eigenvalue weighted by atomic mass is 32.2. The molecule has 3 rings (SSSR count). The Morgan fingerprint density at radius 1 is 1.29 bits per heavy atom. The number of amides is 1. The molecule has 24 heavy (non-hydrogen) atoms. The van der Waals surface area contributed by atoms with E-state index in [1.807, 2.05) is 18.2 Å². The Balaban J connectivity index is 1.82. The molecule has 0 aromatic heterocycles. The van der Waals surface area contributed by atoms with Crippen LogP contribution in [0.1, 0.15) is 5.56 Å². The lowest BCUT2D eigenvalue weighted by molar-refractivity contribution is -0.122. The van der Waals surface area contributed by atoms with Crippen molar-refractivity contribution in [1.29, 1.82) is 0 Å². The lowest BCUT2D eigenvalue weighted by Crippen LogP contribution is -2.31. The maximum Gasteiger partial charge on any atom is 0.265 e. The van der Waals surface area contributed by atoms with Crippen LogP contribution in [-0.2, 0) is 21.2 Å². The van der Waals surface area contributed by atoms with Crippen LogP contribution in [0.2, 0.25) is 0 Å². The van der Waals surface area contributed by atoms with E-state index >= 15 is 0 Å². The molecular weight excluding hydrogens is 332 g/mol. The van der Waals surface area contributed by atoms with Crippen molar-refractivity contribution >= 4 is 21.6 Å². The van der Waals surface area contributed by atoms with Gasteiger partial charge in [-0.15, -0.1) is 0 Å². The van der Waals surface area contributed by atoms with Gasteiger partial charge in [0.05, 0.1) is 17.7 Å². The van der Waals surface area contributed by atoms with Gasteiger partial charge in [0.2, 0.25) is 10.0 Å². The normalized spacial score (nSPS) is 16.2. The SMILES string of the molecule is COc1ccc(S(N)(=O)=O)cc1NC(=O)[C@H]1Cc2ccccc2O1. The van der Waals surface area contributed by atoms with Crippen LogP contribution in [0.25, 0.3) is 0 Å². The van der Waals surface area contributed by atoms with Gasteiger partial charge in [-0.3, -0.25) is 4.79 Å². The fraction of sp³-hybridized carbons (Fsp3) is 0.188. The Hall–Kier alpha value is -2.58. The zero-order valence-corrected chi connectivity index (χ0v) is 13.7. The van der Waals surface area contributed by atoms with Crippen LogP contribution in [0.15, 0.2) is 47.4 Å². The molecule has 1 heterocycles. The maximum absolute atomic E-state index is 12.4. The molecule has 0 unspecified atom stereocenters. The summed E-state index contributed by atoms with van der Waals surface area (Å²) in [5, 5.41) is 7.76. The van der Waals surface area contributed by atoms with Crippen molar-refractivity contribution in [3.63, 3.8) is 0 Å². The molecule has 1 atom stereocenters. The smallest absolute Gasteiger partial charge is 0.265 e. The van der Waals surface area contributed by atoms with E-state index in [2.05, 4.69) is 5.32 Å². The Morgan fingerprint density at radius 2 is 2.04 bits per heavy atom. The topological polar surface area (TPSA) is 108 Å². The van der Waals surface area contributed by atoms with Gasteiger partial charge in [0.1, 0.15) is 11.5 Å². The number of ether oxygens (including phenoxy) is 2. The summed E-state index contributed by atoms with van der Waals surface area (Å²) in [5.74, 6) is 0.602. The van der Waals surface area contributed by atoms with Crippen LogP contribution in [-0.4, -0.2) is 27.5 Å². The molecule has 0 radical (unpaired) electrons. The fourth-order valence-electron chi connectivity index (χ4n) is 2.50. The van der Waals surface area contributed by atoms with E-state index in [1.165, 1.54) is 25.3 Å². The van der Waals surface area contributed by atoms with Crippen molar-refractivity contribution in [2.45, 2.75) is 17.4 Å². The van der Waals surface area contributed by atoms with Crippen LogP contribution >= 0.6 is 0 Å². The monoisotopic (exact) mass is 348 g/mol. The zero-order chi connectivity index (χ0) is 17.3. The van der Waals surface area contributed by atoms with Crippen LogP contribution in [0.5, 0.6) is 11.5 Å². The maximum atomic E-state index is 12.4. The van der Waals surface area contributed by atoms with Gasteiger partial charge in [0.25, 0.3) is 5.91 Å². The Kier molecular flexibility index (Phi) is 4.16. The minimum atomic E-state index is -3.89. The Bertz CT molecular complexity index is 870. The molecule has 0 aliphatic carbocycles. The Morgan fingerprint density at radius 3 is 2.71 bits per heavy atom. The molecule has 0 fully saturated rings. The molecule has 1 aliphatic heterocycles. The second kappa shape index (κ2) is 6.14. The Labute approximate surface area is 139 Å². The summed E-state index contributed by atoms with van der Waals surface area (Å²) >= 11 is 0. The lowest BCUT2D eigenvalue weighted by atomic mass is 10.1. The van der Waals surface area contributed by atoms with E-state index in [1.54, 1.807) is 6.07 Å². The van der Waals surface area contributed by atoms with Gasteiger partial charge in [0.15, 0.2) is 6.10 Å². The van der Waals surface area contributed by atoms with Gasteiger partial charge >= 0.3 is 0 Å². The second-order valence-electron chi connectivity index (χ2n) is 5.31. The summed E-state index contributed by atoms with van der Waals surface area (Å²) in [4.78, 5) is 12.3. The molecule has 2 aromatic rings. The number of primary sulfonamides is 1. The second-order valence-corrected chi connectivity index (χ2v) is 6.88. The number of nitrogens with two attached hydrogens (primary N) is 1. The quantitative estimate of drug-likeness (QED) is 0.865. The molecule has 2 aromatic carbocycles. The number of sulfonamides is 1. The van der Waals surface area contributed by atoms with Gasteiger partial charge in [-0.1, -0.05) is 18.2 Å². The molecule has 8 heteroatoms. The predicted octanol–water partition coefficient (Wildman–Crippen LogP) is 1.28. The summed E-state index contributed by atoms with van der Waals surface area (Å²) in [6.45, 7) is 0. The molecule has 1 amide bonds. The first-order valence-corrected chi connectivity index (χ1v) is 8.69. The molecule has 126 valence electrons. The number of benzene rings is 2. The summed E-state index contributed by atoms with van der Waals surface area (Å²) in [5.41, 5.74) is 1.16. The largest absolute Gasteiger partial charge is 0.495 e. The first kappa shape index (κ1) is 16.3. The number of fused-ring (bicyclic) bond motifs is 1. The van der Waals surface area contributed by atoms with E-state index < -0.39 is 22.0 Å². The first-order valence-electron chi connectivity index (χ1n) is 7.15. The number of para-hydroxylation sites is 1. The standard InChI is InChI=1S/C16H16N2O5S/c1-22-14-7-6-11(24(17,20)21)9-12(14)18-16(19)15-8-10-4-2-3-5-13(10)23-15/h2-7,9,15H,8H2,1H3,(H,18,19)(H2,17,20,21)/t15-/m1/s1. The zero-order valence-electron chi connectivity index (χ0n) is 12.9. The minimum absolute atomic E-state index is 0.116. The van der Waals surface area contributed by atoms with Gasteiger partial charge in [-0.25, -0.2) is 13.6 Å². The van der Waals surface area contributed by atoms with Crippen molar-refractivity contribution < 1.29 is 22.7 Å². The van der Waals surface area contributed by atoms with Crippen molar-refractivity contribution in [3.05, 3.63) is 48.0 Å². The number of methoxy groups -OCH3 is 1. The summed E-state index contributed by atoms with van der Waals surface area (Å²) in [6.07, 6.45) is -0.246. The van der Waals surface area contributed by atoms with Crippen LogP contribution < -0.4 is 19.9 Å². The van der Waals surface area contributed by atoms with E-state index in [4.69, 9.17) is 14.6 Å². The number of hydrogen-bond acceptors (Lipinski definition) is 5. The first-order chi connectivity index (χ1) is 11.4. The van der Waals surface area contributed by atoms with Gasteiger partial charge in [-0.05, 0) is 29.8 Å². The van der Waals surface area contributed by atoms with Crippen molar-refractivity contribution in [2.75, 3.05) is 12.4 Å². The minimum Gasteiger partial charge on any atom is -0.495 e. The molecular formula is C16H16N2O5S. The average molecular weight is 348 g/mol. The summed E-state index contributed by atoms with van der Waals surface area (Å²) in [7, 11) is -2.47. The van der Waals surface area contributed by atoms with E-state index in [-0.39, 0.29) is 10.6 Å². The van der Waals surface area contributed by atoms with Gasteiger partial charge in [-0.2, -0.15) is 0 Å². The molecule has 3 N–H and O–H groups in total. The van der Waals surface area contributed by atoms with Crippen molar-refractivity contribution in [1.82, 2.24) is 0 Å². The molecule has 0 bridgehead atoms. The molecule has 0 saturated carbocycles. The highest BCUT2D eigenvalue weighted by Crippen LogP contribution is 2.31. The third-order valence-corrected chi connectivity index (χ3v) is 4.61. The molecule has 0 spiro atoms. The predicted molar refractivity (Wildman–Crippen MR) is 87.6 cm³/mol. The fourth-order valence-corrected chi connectivity index (χ4v) is 3.04. The number of rotatable bonds is 4. The third kappa shape index (κ3) is 3.19. The van der Waals surface area contributed by atoms with Crippen molar-refractivity contribution in [2.24, 2.45) is 5.14 Å².